The first-order valence-electron chi connectivity index (χ1n) is 6.25. The molecule has 2 heterocycles. The molecule has 3 nitrogen and oxygen atoms in total. The van der Waals surface area contributed by atoms with Gasteiger partial charge in [0.05, 0.1) is 6.61 Å². The first-order chi connectivity index (χ1) is 8.26. The minimum absolute atomic E-state index is 0.271. The van der Waals surface area contributed by atoms with Crippen molar-refractivity contribution in [2.75, 3.05) is 18.0 Å². The van der Waals surface area contributed by atoms with Crippen LogP contribution >= 0.6 is 0 Å². The smallest absolute Gasteiger partial charge is 0.171 e. The number of anilines is 1. The Bertz CT molecular complexity index is 376. The molecule has 0 radical (unpaired) electrons. The zero-order chi connectivity index (χ0) is 12.3. The van der Waals surface area contributed by atoms with E-state index in [4.69, 9.17) is 5.11 Å². The molecule has 0 unspecified atom stereocenters. The van der Waals surface area contributed by atoms with Gasteiger partial charge in [0, 0.05) is 24.8 Å². The molecule has 0 bridgehead atoms. The molecule has 4 heteroatoms. The predicted octanol–water partition coefficient (Wildman–Crippen LogP) is 2.34. The number of aliphatic hydroxyl groups excluding tert-OH is 1. The van der Waals surface area contributed by atoms with E-state index in [1.165, 1.54) is 12.5 Å². The summed E-state index contributed by atoms with van der Waals surface area (Å²) in [7, 11) is 0. The van der Waals surface area contributed by atoms with Gasteiger partial charge in [-0.15, -0.1) is 0 Å². The Hall–Kier alpha value is -1.16. The van der Waals surface area contributed by atoms with Gasteiger partial charge in [0.25, 0.3) is 0 Å². The fourth-order valence-electron chi connectivity index (χ4n) is 2.37. The molecule has 94 valence electrons. The lowest BCUT2D eigenvalue weighted by Gasteiger charge is -2.32. The van der Waals surface area contributed by atoms with Crippen molar-refractivity contribution < 1.29 is 9.50 Å². The van der Waals surface area contributed by atoms with Crippen molar-refractivity contribution in [3.05, 3.63) is 23.6 Å². The topological polar surface area (TPSA) is 36.4 Å². The van der Waals surface area contributed by atoms with Crippen LogP contribution in [0.15, 0.2) is 12.3 Å². The van der Waals surface area contributed by atoms with Gasteiger partial charge in [-0.1, -0.05) is 13.3 Å². The van der Waals surface area contributed by atoms with E-state index >= 15 is 0 Å². The van der Waals surface area contributed by atoms with E-state index in [9.17, 15) is 4.39 Å². The van der Waals surface area contributed by atoms with Crippen molar-refractivity contribution in [2.45, 2.75) is 32.8 Å². The van der Waals surface area contributed by atoms with E-state index in [1.807, 2.05) is 4.90 Å². The molecule has 1 fully saturated rings. The van der Waals surface area contributed by atoms with Crippen LogP contribution < -0.4 is 4.90 Å². The highest BCUT2D eigenvalue weighted by Crippen LogP contribution is 2.26. The summed E-state index contributed by atoms with van der Waals surface area (Å²) in [5.41, 5.74) is 0.326. The van der Waals surface area contributed by atoms with Gasteiger partial charge in [-0.3, -0.25) is 0 Å². The van der Waals surface area contributed by atoms with Gasteiger partial charge < -0.3 is 10.0 Å². The molecule has 0 saturated carbocycles. The maximum absolute atomic E-state index is 14.0. The van der Waals surface area contributed by atoms with Crippen molar-refractivity contribution in [3.8, 4) is 0 Å². The first-order valence-corrected chi connectivity index (χ1v) is 6.25. The first kappa shape index (κ1) is 12.3. The van der Waals surface area contributed by atoms with Crippen LogP contribution in [0.3, 0.4) is 0 Å². The molecule has 0 amide bonds. The predicted molar refractivity (Wildman–Crippen MR) is 65.3 cm³/mol. The summed E-state index contributed by atoms with van der Waals surface area (Å²) in [6.07, 6.45) is 4.96. The number of aliphatic hydroxyl groups is 1. The van der Waals surface area contributed by atoms with Crippen LogP contribution in [0.4, 0.5) is 10.2 Å². The number of rotatable bonds is 3. The second-order valence-electron chi connectivity index (χ2n) is 4.60. The van der Waals surface area contributed by atoms with Crippen molar-refractivity contribution in [2.24, 2.45) is 5.92 Å². The molecule has 0 atom stereocenters. The van der Waals surface area contributed by atoms with Crippen LogP contribution in [-0.2, 0) is 6.61 Å². The monoisotopic (exact) mass is 238 g/mol. The number of hydrogen-bond acceptors (Lipinski definition) is 3. The maximum Gasteiger partial charge on any atom is 0.171 e. The maximum atomic E-state index is 14.0. The lowest BCUT2D eigenvalue weighted by Crippen LogP contribution is -2.34. The van der Waals surface area contributed by atoms with Crippen LogP contribution in [0.2, 0.25) is 0 Å². The number of pyridine rings is 1. The number of halogens is 1. The number of aromatic nitrogens is 1. The minimum Gasteiger partial charge on any atom is -0.392 e. The third-order valence-electron chi connectivity index (χ3n) is 3.61. The number of hydrogen-bond donors (Lipinski definition) is 1. The quantitative estimate of drug-likeness (QED) is 0.878. The van der Waals surface area contributed by atoms with Gasteiger partial charge in [0.1, 0.15) is 0 Å². The molecule has 0 spiro atoms. The van der Waals surface area contributed by atoms with Crippen LogP contribution in [0.1, 0.15) is 31.7 Å². The largest absolute Gasteiger partial charge is 0.392 e. The van der Waals surface area contributed by atoms with Crippen molar-refractivity contribution >= 4 is 5.82 Å². The molecular formula is C13H19FN2O. The normalized spacial score (nSPS) is 17.5. The van der Waals surface area contributed by atoms with E-state index in [1.54, 1.807) is 6.20 Å². The Labute approximate surface area is 101 Å². The molecule has 1 saturated heterocycles. The van der Waals surface area contributed by atoms with Crippen molar-refractivity contribution in [3.63, 3.8) is 0 Å². The molecule has 17 heavy (non-hydrogen) atoms. The van der Waals surface area contributed by atoms with Gasteiger partial charge in [-0.25, -0.2) is 9.37 Å². The lowest BCUT2D eigenvalue weighted by molar-refractivity contribution is 0.275. The molecule has 0 aromatic carbocycles. The van der Waals surface area contributed by atoms with E-state index < -0.39 is 0 Å². The summed E-state index contributed by atoms with van der Waals surface area (Å²) in [6, 6.07) is 1.53. The van der Waals surface area contributed by atoms with E-state index in [2.05, 4.69) is 11.9 Å². The Balaban J connectivity index is 2.13. The average molecular weight is 238 g/mol. The lowest BCUT2D eigenvalue weighted by atomic mass is 9.94. The Morgan fingerprint density at radius 2 is 2.18 bits per heavy atom. The highest BCUT2D eigenvalue weighted by Gasteiger charge is 2.22. The Morgan fingerprint density at radius 3 is 2.76 bits per heavy atom. The SMILES string of the molecule is CCC1CCN(c2nccc(CO)c2F)CC1. The number of piperidine rings is 1. The molecule has 2 rings (SSSR count). The Morgan fingerprint density at radius 1 is 1.47 bits per heavy atom. The van der Waals surface area contributed by atoms with Crippen LogP contribution in [-0.4, -0.2) is 23.2 Å². The minimum atomic E-state index is -0.370. The standard InChI is InChI=1S/C13H19FN2O/c1-2-10-4-7-16(8-5-10)13-12(14)11(9-17)3-6-15-13/h3,6,10,17H,2,4-5,7-9H2,1H3. The highest BCUT2D eigenvalue weighted by atomic mass is 19.1. The third-order valence-corrected chi connectivity index (χ3v) is 3.61. The summed E-state index contributed by atoms with van der Waals surface area (Å²) in [5, 5.41) is 9.04. The van der Waals surface area contributed by atoms with E-state index in [0.717, 1.165) is 31.8 Å². The molecule has 1 aliphatic heterocycles. The van der Waals surface area contributed by atoms with E-state index in [-0.39, 0.29) is 12.4 Å². The van der Waals surface area contributed by atoms with E-state index in [0.29, 0.717) is 11.4 Å². The zero-order valence-electron chi connectivity index (χ0n) is 10.2. The summed E-state index contributed by atoms with van der Waals surface area (Å²) in [6.45, 7) is 3.65. The van der Waals surface area contributed by atoms with Gasteiger partial charge in [-0.2, -0.15) is 0 Å². The van der Waals surface area contributed by atoms with Crippen LogP contribution in [0.25, 0.3) is 0 Å². The third kappa shape index (κ3) is 2.57. The highest BCUT2D eigenvalue weighted by molar-refractivity contribution is 5.43. The molecule has 1 aromatic heterocycles. The number of nitrogens with zero attached hydrogens (tertiary/aromatic N) is 2. The Kier molecular flexibility index (Phi) is 3.94. The summed E-state index contributed by atoms with van der Waals surface area (Å²) in [5.74, 6) is 0.784. The molecule has 1 aliphatic rings. The van der Waals surface area contributed by atoms with Gasteiger partial charge in [0.15, 0.2) is 11.6 Å². The molecule has 1 aromatic rings. The zero-order valence-corrected chi connectivity index (χ0v) is 10.2. The van der Waals surface area contributed by atoms with Crippen LogP contribution in [0, 0.1) is 11.7 Å². The molecule has 1 N–H and O–H groups in total. The summed E-state index contributed by atoms with van der Waals surface area (Å²) in [4.78, 5) is 6.09. The second kappa shape index (κ2) is 5.45. The average Bonchev–Trinajstić information content (AvgIpc) is 2.39. The summed E-state index contributed by atoms with van der Waals surface area (Å²) < 4.78 is 14.0. The van der Waals surface area contributed by atoms with Gasteiger partial charge in [-0.05, 0) is 24.8 Å². The molecule has 0 aliphatic carbocycles. The molecular weight excluding hydrogens is 219 g/mol. The fraction of sp³-hybridized carbons (Fsp3) is 0.615. The fourth-order valence-corrected chi connectivity index (χ4v) is 2.37. The summed E-state index contributed by atoms with van der Waals surface area (Å²) >= 11 is 0. The van der Waals surface area contributed by atoms with Crippen LogP contribution in [0.5, 0.6) is 0 Å². The van der Waals surface area contributed by atoms with Crippen molar-refractivity contribution in [1.82, 2.24) is 4.98 Å². The van der Waals surface area contributed by atoms with Crippen molar-refractivity contribution in [1.29, 1.82) is 0 Å². The second-order valence-corrected chi connectivity index (χ2v) is 4.60. The van der Waals surface area contributed by atoms with Gasteiger partial charge in [0.2, 0.25) is 0 Å². The van der Waals surface area contributed by atoms with Gasteiger partial charge >= 0.3 is 0 Å².